The fraction of sp³-hybridized carbons (Fsp3) is 0.211. The van der Waals surface area contributed by atoms with Gasteiger partial charge in [0.05, 0.1) is 24.4 Å². The number of aryl methyl sites for hydroxylation is 1. The molecule has 0 saturated carbocycles. The van der Waals surface area contributed by atoms with Crippen molar-refractivity contribution in [2.45, 2.75) is 30.0 Å². The van der Waals surface area contributed by atoms with Crippen LogP contribution in [0.1, 0.15) is 22.5 Å². The lowest BCUT2D eigenvalue weighted by Gasteiger charge is -2.03. The molecule has 0 saturated heterocycles. The molecular weight excluding hydrogens is 350 g/mol. The Balaban J connectivity index is 1.46. The van der Waals surface area contributed by atoms with Crippen molar-refractivity contribution in [3.8, 4) is 0 Å². The van der Waals surface area contributed by atoms with Crippen molar-refractivity contribution in [2.75, 3.05) is 0 Å². The highest BCUT2D eigenvalue weighted by molar-refractivity contribution is 8.00. The van der Waals surface area contributed by atoms with Gasteiger partial charge in [-0.25, -0.2) is 4.98 Å². The van der Waals surface area contributed by atoms with E-state index in [0.29, 0.717) is 13.0 Å². The van der Waals surface area contributed by atoms with Crippen LogP contribution in [0.5, 0.6) is 0 Å². The number of hydrogen-bond acceptors (Lipinski definition) is 5. The molecule has 3 rings (SSSR count). The molecule has 1 aromatic carbocycles. The summed E-state index contributed by atoms with van der Waals surface area (Å²) in [5, 5.41) is 4.83. The monoisotopic (exact) mass is 369 g/mol. The number of thioether (sulfide) groups is 1. The van der Waals surface area contributed by atoms with Gasteiger partial charge in [-0.1, -0.05) is 47.7 Å². The lowest BCUT2D eigenvalue weighted by Crippen LogP contribution is -2.25. The predicted molar refractivity (Wildman–Crippen MR) is 103 cm³/mol. The molecule has 2 heterocycles. The molecule has 0 aliphatic heterocycles. The Hall–Kier alpha value is -2.18. The Kier molecular flexibility index (Phi) is 6.19. The van der Waals surface area contributed by atoms with Gasteiger partial charge >= 0.3 is 0 Å². The van der Waals surface area contributed by atoms with Crippen molar-refractivity contribution >= 4 is 29.0 Å². The zero-order chi connectivity index (χ0) is 17.5. The summed E-state index contributed by atoms with van der Waals surface area (Å²) in [5.41, 5.74) is 4.21. The maximum absolute atomic E-state index is 12.0. The summed E-state index contributed by atoms with van der Waals surface area (Å²) in [6.45, 7) is 2.53. The lowest BCUT2D eigenvalue weighted by molar-refractivity contribution is -0.120. The second kappa shape index (κ2) is 8.78. The van der Waals surface area contributed by atoms with Gasteiger partial charge in [0.1, 0.15) is 4.34 Å². The zero-order valence-corrected chi connectivity index (χ0v) is 15.6. The minimum atomic E-state index is -0.0361. The van der Waals surface area contributed by atoms with Gasteiger partial charge in [0.15, 0.2) is 0 Å². The summed E-state index contributed by atoms with van der Waals surface area (Å²) in [5.74, 6) is 0.852. The molecule has 0 bridgehead atoms. The third-order valence-electron chi connectivity index (χ3n) is 3.55. The van der Waals surface area contributed by atoms with Gasteiger partial charge in [0.25, 0.3) is 0 Å². The van der Waals surface area contributed by atoms with Gasteiger partial charge in [-0.3, -0.25) is 9.78 Å². The number of amides is 1. The third-order valence-corrected chi connectivity index (χ3v) is 5.69. The van der Waals surface area contributed by atoms with Crippen LogP contribution in [-0.4, -0.2) is 15.9 Å². The number of thiazole rings is 1. The molecule has 4 nitrogen and oxygen atoms in total. The van der Waals surface area contributed by atoms with Gasteiger partial charge in [0, 0.05) is 17.3 Å². The second-order valence-electron chi connectivity index (χ2n) is 5.65. The topological polar surface area (TPSA) is 54.9 Å². The minimum absolute atomic E-state index is 0.0361. The number of carbonyl (C=O) groups excluding carboxylic acids is 1. The summed E-state index contributed by atoms with van der Waals surface area (Å²) >= 11 is 3.29. The molecule has 0 aliphatic rings. The number of rotatable bonds is 7. The van der Waals surface area contributed by atoms with E-state index in [9.17, 15) is 4.79 Å². The van der Waals surface area contributed by atoms with E-state index in [1.54, 1.807) is 29.3 Å². The lowest BCUT2D eigenvalue weighted by atomic mass is 10.2. The number of pyridine rings is 1. The SMILES string of the molecule is Cc1ccc(CSc2nc(CC(=O)NCc3ccccn3)cs2)cc1. The maximum Gasteiger partial charge on any atom is 0.226 e. The zero-order valence-electron chi connectivity index (χ0n) is 13.9. The van der Waals surface area contributed by atoms with Crippen molar-refractivity contribution in [3.63, 3.8) is 0 Å². The highest BCUT2D eigenvalue weighted by Gasteiger charge is 2.08. The van der Waals surface area contributed by atoms with E-state index in [-0.39, 0.29) is 5.91 Å². The quantitative estimate of drug-likeness (QED) is 0.640. The molecule has 0 fully saturated rings. The van der Waals surface area contributed by atoms with E-state index < -0.39 is 0 Å². The molecule has 25 heavy (non-hydrogen) atoms. The van der Waals surface area contributed by atoms with E-state index in [1.165, 1.54) is 11.1 Å². The first-order valence-electron chi connectivity index (χ1n) is 7.98. The molecule has 0 radical (unpaired) electrons. The first kappa shape index (κ1) is 17.6. The highest BCUT2D eigenvalue weighted by Crippen LogP contribution is 2.26. The molecule has 0 atom stereocenters. The summed E-state index contributed by atoms with van der Waals surface area (Å²) in [7, 11) is 0. The van der Waals surface area contributed by atoms with Crippen LogP contribution < -0.4 is 5.32 Å². The van der Waals surface area contributed by atoms with E-state index in [4.69, 9.17) is 0 Å². The molecule has 3 aromatic rings. The van der Waals surface area contributed by atoms with Crippen molar-refractivity contribution in [1.29, 1.82) is 0 Å². The van der Waals surface area contributed by atoms with Crippen molar-refractivity contribution in [2.24, 2.45) is 0 Å². The maximum atomic E-state index is 12.0. The predicted octanol–water partition coefficient (Wildman–Crippen LogP) is 4.00. The molecule has 128 valence electrons. The van der Waals surface area contributed by atoms with Crippen LogP contribution in [0.25, 0.3) is 0 Å². The van der Waals surface area contributed by atoms with E-state index >= 15 is 0 Å². The van der Waals surface area contributed by atoms with Gasteiger partial charge < -0.3 is 5.32 Å². The van der Waals surface area contributed by atoms with Crippen LogP contribution in [0.15, 0.2) is 58.4 Å². The van der Waals surface area contributed by atoms with Crippen molar-refractivity contribution in [3.05, 3.63) is 76.6 Å². The number of aromatic nitrogens is 2. The summed E-state index contributed by atoms with van der Waals surface area (Å²) < 4.78 is 0.994. The van der Waals surface area contributed by atoms with Crippen LogP contribution in [0.4, 0.5) is 0 Å². The molecule has 0 spiro atoms. The number of nitrogens with one attached hydrogen (secondary N) is 1. The molecule has 1 N–H and O–H groups in total. The van der Waals surface area contributed by atoms with E-state index in [0.717, 1.165) is 21.5 Å². The van der Waals surface area contributed by atoms with Crippen LogP contribution in [-0.2, 0) is 23.5 Å². The van der Waals surface area contributed by atoms with Crippen molar-refractivity contribution < 1.29 is 4.79 Å². The fourth-order valence-electron chi connectivity index (χ4n) is 2.18. The summed E-state index contributed by atoms with van der Waals surface area (Å²) in [6.07, 6.45) is 2.02. The van der Waals surface area contributed by atoms with E-state index in [1.807, 2.05) is 23.6 Å². The number of hydrogen-bond donors (Lipinski definition) is 1. The van der Waals surface area contributed by atoms with Gasteiger partial charge in [-0.05, 0) is 24.6 Å². The van der Waals surface area contributed by atoms with Crippen LogP contribution >= 0.6 is 23.1 Å². The Bertz CT molecular complexity index is 816. The Morgan fingerprint density at radius 1 is 1.16 bits per heavy atom. The number of carbonyl (C=O) groups is 1. The smallest absolute Gasteiger partial charge is 0.226 e. The van der Waals surface area contributed by atoms with Crippen LogP contribution in [0.2, 0.25) is 0 Å². The summed E-state index contributed by atoms with van der Waals surface area (Å²) in [6, 6.07) is 14.2. The second-order valence-corrected chi connectivity index (χ2v) is 7.73. The third kappa shape index (κ3) is 5.69. The Morgan fingerprint density at radius 3 is 2.76 bits per heavy atom. The molecule has 6 heteroatoms. The average Bonchev–Trinajstić information content (AvgIpc) is 3.08. The summed E-state index contributed by atoms with van der Waals surface area (Å²) in [4.78, 5) is 20.8. The Labute approximate surface area is 155 Å². The van der Waals surface area contributed by atoms with Gasteiger partial charge in [-0.15, -0.1) is 11.3 Å². The standard InChI is InChI=1S/C19H19N3OS2/c1-14-5-7-15(8-6-14)12-24-19-22-17(13-25-19)10-18(23)21-11-16-4-2-3-9-20-16/h2-9,13H,10-12H2,1H3,(H,21,23). The molecule has 0 unspecified atom stereocenters. The minimum Gasteiger partial charge on any atom is -0.350 e. The largest absolute Gasteiger partial charge is 0.350 e. The average molecular weight is 370 g/mol. The molecule has 0 aliphatic carbocycles. The first-order valence-corrected chi connectivity index (χ1v) is 9.85. The van der Waals surface area contributed by atoms with Gasteiger partial charge in [-0.2, -0.15) is 0 Å². The number of benzene rings is 1. The first-order chi connectivity index (χ1) is 12.2. The normalized spacial score (nSPS) is 10.6. The van der Waals surface area contributed by atoms with Gasteiger partial charge in [0.2, 0.25) is 5.91 Å². The number of nitrogens with zero attached hydrogens (tertiary/aromatic N) is 2. The van der Waals surface area contributed by atoms with E-state index in [2.05, 4.69) is 46.5 Å². The molecular formula is C19H19N3OS2. The van der Waals surface area contributed by atoms with Crippen molar-refractivity contribution in [1.82, 2.24) is 15.3 Å². The molecule has 1 amide bonds. The van der Waals surface area contributed by atoms with Crippen LogP contribution in [0, 0.1) is 6.92 Å². The Morgan fingerprint density at radius 2 is 2.00 bits per heavy atom. The molecule has 2 aromatic heterocycles. The van der Waals surface area contributed by atoms with Crippen LogP contribution in [0.3, 0.4) is 0 Å². The highest BCUT2D eigenvalue weighted by atomic mass is 32.2. The fourth-order valence-corrected chi connectivity index (χ4v) is 3.98.